The number of hydrazone groups is 1. The zero-order chi connectivity index (χ0) is 28.9. The van der Waals surface area contributed by atoms with Crippen molar-refractivity contribution in [3.05, 3.63) is 81.9 Å². The molecule has 2 amide bonds. The summed E-state index contributed by atoms with van der Waals surface area (Å²) in [6, 6.07) is 13.1. The fourth-order valence-electron chi connectivity index (χ4n) is 4.19. The van der Waals surface area contributed by atoms with Gasteiger partial charge in [0.05, 0.1) is 20.6 Å². The Kier molecular flexibility index (Phi) is 8.01. The Bertz CT molecular complexity index is 1720. The lowest BCUT2D eigenvalue weighted by molar-refractivity contribution is -0.684. The first-order valence-corrected chi connectivity index (χ1v) is 12.6. The average Bonchev–Trinajstić information content (AvgIpc) is 3.44. The molecule has 210 valence electrons. The van der Waals surface area contributed by atoms with Crippen LogP contribution in [0, 0.1) is 0 Å². The minimum absolute atomic E-state index is 0.0372. The van der Waals surface area contributed by atoms with E-state index in [-0.39, 0.29) is 65.2 Å². The third-order valence-corrected chi connectivity index (χ3v) is 6.21. The first kappa shape index (κ1) is 27.5. The Labute approximate surface area is 238 Å². The van der Waals surface area contributed by atoms with Crippen molar-refractivity contribution >= 4 is 45.8 Å². The van der Waals surface area contributed by atoms with Gasteiger partial charge in [0.2, 0.25) is 30.6 Å². The van der Waals surface area contributed by atoms with Crippen LogP contribution >= 0.6 is 11.6 Å². The monoisotopic (exact) mass is 579 g/mol. The molecular formula is C28H24ClN4O8+. The van der Waals surface area contributed by atoms with Crippen molar-refractivity contribution in [2.24, 2.45) is 5.10 Å². The van der Waals surface area contributed by atoms with Gasteiger partial charge in [-0.2, -0.15) is 9.67 Å². The van der Waals surface area contributed by atoms with Gasteiger partial charge in [0.1, 0.15) is 16.9 Å². The average molecular weight is 580 g/mol. The molecule has 0 spiro atoms. The molecule has 5 rings (SSSR count). The lowest BCUT2D eigenvalue weighted by Gasteiger charge is -2.13. The first-order valence-electron chi connectivity index (χ1n) is 12.2. The second-order valence-electron chi connectivity index (χ2n) is 8.69. The van der Waals surface area contributed by atoms with E-state index in [1.807, 2.05) is 6.07 Å². The van der Waals surface area contributed by atoms with E-state index in [1.54, 1.807) is 53.4 Å². The molecule has 3 heterocycles. The van der Waals surface area contributed by atoms with Gasteiger partial charge in [-0.15, -0.1) is 0 Å². The topological polar surface area (TPSA) is 142 Å². The SMILES string of the molecule is COc1c2c(c(OC)c3c(=O)cc(C/C(=N\NC(=O)C[n+]4ccccc4)C(=O)Nc4cccc(Cl)c4)oc13)OCO2. The Hall–Kier alpha value is -5.10. The number of benzene rings is 2. The van der Waals surface area contributed by atoms with Crippen LogP contribution < -0.4 is 39.7 Å². The molecular weight excluding hydrogens is 556 g/mol. The largest absolute Gasteiger partial charge is 0.492 e. The van der Waals surface area contributed by atoms with Gasteiger partial charge in [-0.3, -0.25) is 14.4 Å². The van der Waals surface area contributed by atoms with Crippen LogP contribution in [0.3, 0.4) is 0 Å². The van der Waals surface area contributed by atoms with Crippen LogP contribution in [0.5, 0.6) is 23.0 Å². The van der Waals surface area contributed by atoms with Gasteiger partial charge in [-0.05, 0) is 18.2 Å². The van der Waals surface area contributed by atoms with E-state index in [4.69, 9.17) is 35.0 Å². The van der Waals surface area contributed by atoms with E-state index in [0.717, 1.165) is 0 Å². The van der Waals surface area contributed by atoms with Gasteiger partial charge >= 0.3 is 5.91 Å². The molecule has 0 fully saturated rings. The molecule has 41 heavy (non-hydrogen) atoms. The molecule has 0 atom stereocenters. The Morgan fingerprint density at radius 3 is 2.46 bits per heavy atom. The number of ether oxygens (including phenoxy) is 4. The highest BCUT2D eigenvalue weighted by Gasteiger charge is 2.31. The number of halogens is 1. The maximum atomic E-state index is 13.3. The number of aromatic nitrogens is 1. The van der Waals surface area contributed by atoms with Crippen molar-refractivity contribution in [2.75, 3.05) is 26.3 Å². The first-order chi connectivity index (χ1) is 19.9. The normalized spacial score (nSPS) is 12.2. The van der Waals surface area contributed by atoms with E-state index >= 15 is 0 Å². The summed E-state index contributed by atoms with van der Waals surface area (Å²) in [4.78, 5) is 39.1. The van der Waals surface area contributed by atoms with E-state index in [9.17, 15) is 14.4 Å². The molecule has 2 aromatic heterocycles. The van der Waals surface area contributed by atoms with Crippen molar-refractivity contribution in [1.82, 2.24) is 5.43 Å². The molecule has 0 radical (unpaired) electrons. The highest BCUT2D eigenvalue weighted by Crippen LogP contribution is 2.52. The molecule has 1 aliphatic rings. The summed E-state index contributed by atoms with van der Waals surface area (Å²) < 4.78 is 29.6. The number of rotatable bonds is 9. The summed E-state index contributed by atoms with van der Waals surface area (Å²) in [5.41, 5.74) is 2.21. The predicted octanol–water partition coefficient (Wildman–Crippen LogP) is 2.83. The van der Waals surface area contributed by atoms with Crippen molar-refractivity contribution in [3.63, 3.8) is 0 Å². The fraction of sp³-hybridized carbons (Fsp3) is 0.179. The molecule has 0 aliphatic carbocycles. The molecule has 13 heteroatoms. The Balaban J connectivity index is 1.51. The molecule has 12 nitrogen and oxygen atoms in total. The van der Waals surface area contributed by atoms with E-state index in [0.29, 0.717) is 10.7 Å². The summed E-state index contributed by atoms with van der Waals surface area (Å²) >= 11 is 6.05. The number of carbonyl (C=O) groups is 2. The number of amides is 2. The van der Waals surface area contributed by atoms with Gasteiger partial charge < -0.3 is 28.7 Å². The highest BCUT2D eigenvalue weighted by molar-refractivity contribution is 6.43. The Morgan fingerprint density at radius 1 is 1.02 bits per heavy atom. The summed E-state index contributed by atoms with van der Waals surface area (Å²) in [7, 11) is 2.78. The van der Waals surface area contributed by atoms with Gasteiger partial charge in [-0.25, -0.2) is 5.43 Å². The number of nitrogens with one attached hydrogen (secondary N) is 2. The zero-order valence-corrected chi connectivity index (χ0v) is 22.7. The number of hydrogen-bond donors (Lipinski definition) is 2. The predicted molar refractivity (Wildman–Crippen MR) is 148 cm³/mol. The lowest BCUT2D eigenvalue weighted by atomic mass is 10.1. The quantitative estimate of drug-likeness (QED) is 0.175. The van der Waals surface area contributed by atoms with Gasteiger partial charge in [0, 0.05) is 28.9 Å². The molecule has 4 aromatic rings. The van der Waals surface area contributed by atoms with Crippen molar-refractivity contribution in [3.8, 4) is 23.0 Å². The van der Waals surface area contributed by atoms with Crippen LogP contribution in [-0.2, 0) is 22.6 Å². The van der Waals surface area contributed by atoms with Crippen LogP contribution in [0.1, 0.15) is 5.76 Å². The molecule has 1 aliphatic heterocycles. The minimum Gasteiger partial charge on any atom is -0.492 e. The van der Waals surface area contributed by atoms with E-state index < -0.39 is 17.2 Å². The number of methoxy groups -OCH3 is 2. The summed E-state index contributed by atoms with van der Waals surface area (Å²) in [5, 5.41) is 7.25. The van der Waals surface area contributed by atoms with Gasteiger partial charge in [0.25, 0.3) is 5.91 Å². The number of carbonyl (C=O) groups excluding carboxylic acids is 2. The third-order valence-electron chi connectivity index (χ3n) is 5.97. The van der Waals surface area contributed by atoms with Crippen LogP contribution in [0.15, 0.2) is 75.2 Å². The van der Waals surface area contributed by atoms with E-state index in [1.165, 1.54) is 20.3 Å². The zero-order valence-electron chi connectivity index (χ0n) is 21.9. The number of anilines is 1. The standard InChI is InChI=1S/C28H23ClN4O8/c1-37-23-22-20(34)13-18(41-24(22)25(38-2)27-26(23)39-15-40-27)12-19(28(36)30-17-8-6-7-16(29)11-17)31-32-21(35)14-33-9-4-3-5-10-33/h3-11,13H,12,14-15H2,1-2H3,(H-,30,32,35,36)/p+1. The molecule has 0 bridgehead atoms. The van der Waals surface area contributed by atoms with Crippen LogP contribution in [-0.4, -0.2) is 38.5 Å². The molecule has 0 saturated carbocycles. The fourth-order valence-corrected chi connectivity index (χ4v) is 4.38. The number of nitrogens with zero attached hydrogens (tertiary/aromatic N) is 2. The highest BCUT2D eigenvalue weighted by atomic mass is 35.5. The second-order valence-corrected chi connectivity index (χ2v) is 9.13. The van der Waals surface area contributed by atoms with Crippen molar-refractivity contribution < 1.29 is 37.5 Å². The summed E-state index contributed by atoms with van der Waals surface area (Å²) in [5.74, 6) is -0.372. The third kappa shape index (κ3) is 5.92. The van der Waals surface area contributed by atoms with Crippen molar-refractivity contribution in [1.29, 1.82) is 0 Å². The van der Waals surface area contributed by atoms with Crippen molar-refractivity contribution in [2.45, 2.75) is 13.0 Å². The number of pyridine rings is 1. The van der Waals surface area contributed by atoms with Gasteiger partial charge in [-0.1, -0.05) is 23.7 Å². The smallest absolute Gasteiger partial charge is 0.305 e. The van der Waals surface area contributed by atoms with E-state index in [2.05, 4.69) is 15.8 Å². The maximum Gasteiger partial charge on any atom is 0.305 e. The van der Waals surface area contributed by atoms with Gasteiger partial charge in [0.15, 0.2) is 29.2 Å². The van der Waals surface area contributed by atoms with Crippen LogP contribution in [0.25, 0.3) is 11.0 Å². The van der Waals surface area contributed by atoms with Crippen LogP contribution in [0.4, 0.5) is 5.69 Å². The number of hydrogen-bond acceptors (Lipinski definition) is 9. The number of fused-ring (bicyclic) bond motifs is 2. The summed E-state index contributed by atoms with van der Waals surface area (Å²) in [6.07, 6.45) is 3.16. The van der Waals surface area contributed by atoms with Crippen LogP contribution in [0.2, 0.25) is 5.02 Å². The second kappa shape index (κ2) is 12.0. The maximum absolute atomic E-state index is 13.3. The molecule has 2 N–H and O–H groups in total. The summed E-state index contributed by atoms with van der Waals surface area (Å²) in [6.45, 7) is -0.135. The molecule has 2 aromatic carbocycles. The minimum atomic E-state index is -0.655. The lowest BCUT2D eigenvalue weighted by Crippen LogP contribution is -2.41. The molecule has 0 saturated heterocycles. The molecule has 0 unspecified atom stereocenters. The Morgan fingerprint density at radius 2 is 1.76 bits per heavy atom.